The van der Waals surface area contributed by atoms with Gasteiger partial charge in [-0.1, -0.05) is 30.0 Å². The lowest BCUT2D eigenvalue weighted by Crippen LogP contribution is -2.38. The molecule has 0 bridgehead atoms. The number of thioether (sulfide) groups is 1. The van der Waals surface area contributed by atoms with Gasteiger partial charge in [-0.2, -0.15) is 0 Å². The minimum Gasteiger partial charge on any atom is -0.481 e. The van der Waals surface area contributed by atoms with E-state index in [1.807, 2.05) is 7.05 Å². The van der Waals surface area contributed by atoms with Gasteiger partial charge in [0.25, 0.3) is 0 Å². The molecular weight excluding hydrogens is 296 g/mol. The van der Waals surface area contributed by atoms with Crippen molar-refractivity contribution in [3.05, 3.63) is 0 Å². The molecule has 1 aromatic heterocycles. The topological polar surface area (TPSA) is 69.6 Å². The smallest absolute Gasteiger partial charge is 0.313 e. The number of carbonyl (C=O) groups is 1. The number of hydrogen-bond donors (Lipinski definition) is 1. The van der Waals surface area contributed by atoms with Crippen LogP contribution in [0.3, 0.4) is 0 Å². The average Bonchev–Trinajstić information content (AvgIpc) is 3.04. The summed E-state index contributed by atoms with van der Waals surface area (Å²) >= 11 is 2.68. The summed E-state index contributed by atoms with van der Waals surface area (Å²) in [5.74, 6) is -0.797. The third-order valence-electron chi connectivity index (χ3n) is 3.43. The van der Waals surface area contributed by atoms with Crippen molar-refractivity contribution in [3.8, 4) is 0 Å². The van der Waals surface area contributed by atoms with Crippen LogP contribution >= 0.6 is 23.1 Å². The first kappa shape index (κ1) is 15.5. The normalized spacial score (nSPS) is 19.4. The van der Waals surface area contributed by atoms with E-state index < -0.39 is 5.97 Å². The van der Waals surface area contributed by atoms with E-state index in [-0.39, 0.29) is 5.75 Å². The van der Waals surface area contributed by atoms with Crippen molar-refractivity contribution in [2.24, 2.45) is 0 Å². The number of aliphatic carboxylic acids is 1. The van der Waals surface area contributed by atoms with Gasteiger partial charge in [0.2, 0.25) is 5.13 Å². The minimum atomic E-state index is -0.829. The Morgan fingerprint density at radius 2 is 2.40 bits per heavy atom. The van der Waals surface area contributed by atoms with Crippen LogP contribution < -0.4 is 4.90 Å². The fourth-order valence-electron chi connectivity index (χ4n) is 2.45. The lowest BCUT2D eigenvalue weighted by atomic mass is 10.2. The molecular formula is C12H20N4O2S2. The summed E-state index contributed by atoms with van der Waals surface area (Å²) < 4.78 is 0.716. The van der Waals surface area contributed by atoms with E-state index in [1.165, 1.54) is 42.5 Å². The molecule has 1 aliphatic heterocycles. The molecule has 0 saturated carbocycles. The van der Waals surface area contributed by atoms with E-state index in [2.05, 4.69) is 26.9 Å². The Morgan fingerprint density at radius 1 is 1.60 bits per heavy atom. The molecule has 1 aliphatic rings. The van der Waals surface area contributed by atoms with Gasteiger partial charge in [-0.15, -0.1) is 10.2 Å². The number of carboxylic acid groups (broad SMARTS) is 1. The Kier molecular flexibility index (Phi) is 5.62. The molecule has 2 rings (SSSR count). The van der Waals surface area contributed by atoms with Crippen molar-refractivity contribution < 1.29 is 9.90 Å². The molecule has 0 aliphatic carbocycles. The highest BCUT2D eigenvalue weighted by molar-refractivity contribution is 8.01. The predicted molar refractivity (Wildman–Crippen MR) is 81.8 cm³/mol. The van der Waals surface area contributed by atoms with Gasteiger partial charge in [0.05, 0.1) is 5.75 Å². The highest BCUT2D eigenvalue weighted by Gasteiger charge is 2.25. The molecule has 2 heterocycles. The summed E-state index contributed by atoms with van der Waals surface area (Å²) in [7, 11) is 2.03. The number of likely N-dealkylation sites (tertiary alicyclic amines) is 1. The Hall–Kier alpha value is -0.860. The van der Waals surface area contributed by atoms with E-state index in [1.54, 1.807) is 0 Å². The van der Waals surface area contributed by atoms with E-state index >= 15 is 0 Å². The van der Waals surface area contributed by atoms with Crippen molar-refractivity contribution in [1.29, 1.82) is 0 Å². The van der Waals surface area contributed by atoms with E-state index in [9.17, 15) is 4.79 Å². The molecule has 1 atom stereocenters. The third kappa shape index (κ3) is 4.07. The summed E-state index contributed by atoms with van der Waals surface area (Å²) in [5.41, 5.74) is 0. The molecule has 1 unspecified atom stereocenters. The Labute approximate surface area is 127 Å². The lowest BCUT2D eigenvalue weighted by Gasteiger charge is -2.27. The highest BCUT2D eigenvalue weighted by atomic mass is 32.2. The van der Waals surface area contributed by atoms with Crippen molar-refractivity contribution >= 4 is 34.2 Å². The second-order valence-corrected chi connectivity index (χ2v) is 7.02. The molecule has 1 N–H and O–H groups in total. The van der Waals surface area contributed by atoms with E-state index in [4.69, 9.17) is 5.11 Å². The van der Waals surface area contributed by atoms with Gasteiger partial charge in [0.15, 0.2) is 4.34 Å². The van der Waals surface area contributed by atoms with Gasteiger partial charge in [-0.25, -0.2) is 0 Å². The van der Waals surface area contributed by atoms with Crippen molar-refractivity contribution in [3.63, 3.8) is 0 Å². The van der Waals surface area contributed by atoms with Crippen LogP contribution in [0.1, 0.15) is 19.8 Å². The zero-order valence-corrected chi connectivity index (χ0v) is 13.4. The fraction of sp³-hybridized carbons (Fsp3) is 0.750. The first-order chi connectivity index (χ1) is 9.60. The number of hydrogen-bond acceptors (Lipinski definition) is 7. The maximum Gasteiger partial charge on any atom is 0.313 e. The number of likely N-dealkylation sites (N-methyl/N-ethyl adjacent to an activating group) is 2. The number of anilines is 1. The number of carboxylic acids is 1. The maximum atomic E-state index is 10.5. The van der Waals surface area contributed by atoms with Gasteiger partial charge in [0, 0.05) is 19.6 Å². The number of aromatic nitrogens is 2. The van der Waals surface area contributed by atoms with E-state index in [0.29, 0.717) is 10.4 Å². The van der Waals surface area contributed by atoms with Crippen LogP contribution in [0.5, 0.6) is 0 Å². The summed E-state index contributed by atoms with van der Waals surface area (Å²) in [6, 6.07) is 0.587. The molecule has 6 nitrogen and oxygen atoms in total. The zero-order valence-electron chi connectivity index (χ0n) is 11.8. The number of rotatable bonds is 7. The lowest BCUT2D eigenvalue weighted by molar-refractivity contribution is -0.133. The molecule has 1 fully saturated rings. The predicted octanol–water partition coefficient (Wildman–Crippen LogP) is 1.64. The van der Waals surface area contributed by atoms with Gasteiger partial charge in [0.1, 0.15) is 0 Å². The van der Waals surface area contributed by atoms with Crippen LogP contribution in [0.25, 0.3) is 0 Å². The SMILES string of the molecule is CCN1CCCC1CN(C)c1nnc(SCC(=O)O)s1. The largest absolute Gasteiger partial charge is 0.481 e. The average molecular weight is 316 g/mol. The Balaban J connectivity index is 1.89. The van der Waals surface area contributed by atoms with E-state index in [0.717, 1.165) is 18.2 Å². The molecule has 20 heavy (non-hydrogen) atoms. The van der Waals surface area contributed by atoms with Crippen molar-refractivity contribution in [2.45, 2.75) is 30.1 Å². The Morgan fingerprint density at radius 3 is 3.10 bits per heavy atom. The summed E-state index contributed by atoms with van der Waals surface area (Å²) in [4.78, 5) is 15.2. The Bertz CT molecular complexity index is 454. The molecule has 0 amide bonds. The summed E-state index contributed by atoms with van der Waals surface area (Å²) in [6.07, 6.45) is 2.50. The molecule has 0 spiro atoms. The van der Waals surface area contributed by atoms with Gasteiger partial charge < -0.3 is 10.0 Å². The second-order valence-electron chi connectivity index (χ2n) is 4.84. The zero-order chi connectivity index (χ0) is 14.5. The summed E-state index contributed by atoms with van der Waals surface area (Å²) in [6.45, 7) is 5.43. The van der Waals surface area contributed by atoms with Crippen molar-refractivity contribution in [2.75, 3.05) is 37.3 Å². The molecule has 1 saturated heterocycles. The standard InChI is InChI=1S/C12H20N4O2S2/c1-3-16-6-4-5-9(16)7-15(2)11-13-14-12(20-11)19-8-10(17)18/h9H,3-8H2,1-2H3,(H,17,18). The van der Waals surface area contributed by atoms with Gasteiger partial charge >= 0.3 is 5.97 Å². The molecule has 0 aromatic carbocycles. The summed E-state index contributed by atoms with van der Waals surface area (Å²) in [5, 5.41) is 17.7. The highest BCUT2D eigenvalue weighted by Crippen LogP contribution is 2.28. The van der Waals surface area contributed by atoms with Crippen LogP contribution in [-0.2, 0) is 4.79 Å². The second kappa shape index (κ2) is 7.24. The van der Waals surface area contributed by atoms with Crippen LogP contribution in [0, 0.1) is 0 Å². The monoisotopic (exact) mass is 316 g/mol. The fourth-order valence-corrected chi connectivity index (χ4v) is 3.98. The van der Waals surface area contributed by atoms with Crippen LogP contribution in [0.15, 0.2) is 4.34 Å². The van der Waals surface area contributed by atoms with Crippen molar-refractivity contribution in [1.82, 2.24) is 15.1 Å². The van der Waals surface area contributed by atoms with Crippen LogP contribution in [-0.4, -0.2) is 64.6 Å². The molecule has 0 radical (unpaired) electrons. The first-order valence-electron chi connectivity index (χ1n) is 6.73. The minimum absolute atomic E-state index is 0.0323. The molecule has 112 valence electrons. The first-order valence-corrected chi connectivity index (χ1v) is 8.53. The molecule has 1 aromatic rings. The molecule has 8 heteroatoms. The van der Waals surface area contributed by atoms with Crippen LogP contribution in [0.4, 0.5) is 5.13 Å². The quantitative estimate of drug-likeness (QED) is 0.767. The number of nitrogens with zero attached hydrogens (tertiary/aromatic N) is 4. The van der Waals surface area contributed by atoms with Gasteiger partial charge in [-0.05, 0) is 25.9 Å². The maximum absolute atomic E-state index is 10.5. The van der Waals surface area contributed by atoms with Crippen LogP contribution in [0.2, 0.25) is 0 Å². The third-order valence-corrected chi connectivity index (χ3v) is 5.59. The van der Waals surface area contributed by atoms with Gasteiger partial charge in [-0.3, -0.25) is 9.69 Å².